The Morgan fingerprint density at radius 3 is 2.60 bits per heavy atom. The zero-order chi connectivity index (χ0) is 11.1. The van der Waals surface area contributed by atoms with Gasteiger partial charge in [-0.2, -0.15) is 0 Å². The molecule has 2 nitrogen and oxygen atoms in total. The van der Waals surface area contributed by atoms with Crippen molar-refractivity contribution < 1.29 is 9.47 Å². The standard InChI is InChI=1S/C13H24O2/c1-11(2)6-4-7-12(3)10-13-14-8-5-9-15-13/h10-11,13H,4-9H2,1-3H3. The SMILES string of the molecule is CC(=CC1OCCCO1)CCCC(C)C. The number of ether oxygens (including phenoxy) is 2. The van der Waals surface area contributed by atoms with Crippen LogP contribution in [0.2, 0.25) is 0 Å². The summed E-state index contributed by atoms with van der Waals surface area (Å²) < 4.78 is 11.0. The molecule has 1 aliphatic rings. The minimum atomic E-state index is -0.0854. The van der Waals surface area contributed by atoms with Gasteiger partial charge >= 0.3 is 0 Å². The lowest BCUT2D eigenvalue weighted by Gasteiger charge is -2.21. The monoisotopic (exact) mass is 212 g/mol. The maximum absolute atomic E-state index is 5.48. The molecule has 2 heteroatoms. The Labute approximate surface area is 93.7 Å². The minimum Gasteiger partial charge on any atom is -0.349 e. The van der Waals surface area contributed by atoms with Gasteiger partial charge in [0.2, 0.25) is 0 Å². The zero-order valence-electron chi connectivity index (χ0n) is 10.3. The van der Waals surface area contributed by atoms with Crippen molar-refractivity contribution in [1.29, 1.82) is 0 Å². The summed E-state index contributed by atoms with van der Waals surface area (Å²) in [5, 5.41) is 0. The molecule has 0 N–H and O–H groups in total. The Balaban J connectivity index is 2.19. The summed E-state index contributed by atoms with van der Waals surface area (Å²) in [5.41, 5.74) is 1.39. The van der Waals surface area contributed by atoms with Crippen molar-refractivity contribution >= 4 is 0 Å². The van der Waals surface area contributed by atoms with Gasteiger partial charge in [-0.25, -0.2) is 0 Å². The van der Waals surface area contributed by atoms with E-state index in [1.54, 1.807) is 0 Å². The highest BCUT2D eigenvalue weighted by atomic mass is 16.7. The van der Waals surface area contributed by atoms with Crippen molar-refractivity contribution in [3.8, 4) is 0 Å². The highest BCUT2D eigenvalue weighted by Crippen LogP contribution is 2.14. The van der Waals surface area contributed by atoms with E-state index in [1.807, 2.05) is 0 Å². The first kappa shape index (κ1) is 12.7. The van der Waals surface area contributed by atoms with Crippen LogP contribution in [-0.2, 0) is 9.47 Å². The molecule has 0 unspecified atom stereocenters. The van der Waals surface area contributed by atoms with Gasteiger partial charge in [-0.3, -0.25) is 0 Å². The molecule has 1 fully saturated rings. The quantitative estimate of drug-likeness (QED) is 0.649. The maximum Gasteiger partial charge on any atom is 0.177 e. The van der Waals surface area contributed by atoms with Gasteiger partial charge < -0.3 is 9.47 Å². The van der Waals surface area contributed by atoms with Crippen LogP contribution in [0.15, 0.2) is 11.6 Å². The number of hydrogen-bond donors (Lipinski definition) is 0. The van der Waals surface area contributed by atoms with Crippen molar-refractivity contribution in [3.05, 3.63) is 11.6 Å². The van der Waals surface area contributed by atoms with Crippen LogP contribution in [0.3, 0.4) is 0 Å². The van der Waals surface area contributed by atoms with E-state index in [1.165, 1.54) is 24.8 Å². The predicted octanol–water partition coefficient (Wildman–Crippen LogP) is 3.52. The molecule has 0 spiro atoms. The molecule has 0 bridgehead atoms. The van der Waals surface area contributed by atoms with Gasteiger partial charge in [0.05, 0.1) is 13.2 Å². The lowest BCUT2D eigenvalue weighted by Crippen LogP contribution is -2.22. The number of rotatable bonds is 5. The maximum atomic E-state index is 5.48. The molecule has 1 saturated heterocycles. The van der Waals surface area contributed by atoms with Crippen LogP contribution in [0.4, 0.5) is 0 Å². The Morgan fingerprint density at radius 1 is 1.33 bits per heavy atom. The lowest BCUT2D eigenvalue weighted by molar-refractivity contribution is -0.150. The summed E-state index contributed by atoms with van der Waals surface area (Å²) in [6.45, 7) is 8.38. The molecule has 1 aliphatic heterocycles. The second-order valence-electron chi connectivity index (χ2n) is 4.76. The summed E-state index contributed by atoms with van der Waals surface area (Å²) in [6.07, 6.45) is 6.81. The molecule has 0 aromatic rings. The van der Waals surface area contributed by atoms with Gasteiger partial charge in [-0.05, 0) is 38.2 Å². The van der Waals surface area contributed by atoms with E-state index in [0.29, 0.717) is 0 Å². The third kappa shape index (κ3) is 5.95. The van der Waals surface area contributed by atoms with Gasteiger partial charge in [0.15, 0.2) is 6.29 Å². The van der Waals surface area contributed by atoms with E-state index in [4.69, 9.17) is 9.47 Å². The average molecular weight is 212 g/mol. The molecule has 0 radical (unpaired) electrons. The summed E-state index contributed by atoms with van der Waals surface area (Å²) in [7, 11) is 0. The molecule has 0 aliphatic carbocycles. The van der Waals surface area contributed by atoms with Crippen LogP contribution in [0, 0.1) is 5.92 Å². The van der Waals surface area contributed by atoms with E-state index >= 15 is 0 Å². The second kappa shape index (κ2) is 7.02. The van der Waals surface area contributed by atoms with Gasteiger partial charge in [0, 0.05) is 0 Å². The van der Waals surface area contributed by atoms with Crippen LogP contribution in [0.1, 0.15) is 46.5 Å². The summed E-state index contributed by atoms with van der Waals surface area (Å²) >= 11 is 0. The van der Waals surface area contributed by atoms with Crippen molar-refractivity contribution in [2.24, 2.45) is 5.92 Å². The molecule has 15 heavy (non-hydrogen) atoms. The third-order valence-corrected chi connectivity index (χ3v) is 2.63. The Bertz CT molecular complexity index is 191. The zero-order valence-corrected chi connectivity index (χ0v) is 10.3. The smallest absolute Gasteiger partial charge is 0.177 e. The van der Waals surface area contributed by atoms with Crippen molar-refractivity contribution in [1.82, 2.24) is 0 Å². The predicted molar refractivity (Wildman–Crippen MR) is 62.8 cm³/mol. The normalized spacial score (nSPS) is 19.9. The topological polar surface area (TPSA) is 18.5 Å². The minimum absolute atomic E-state index is 0.0854. The van der Waals surface area contributed by atoms with Crippen LogP contribution >= 0.6 is 0 Å². The van der Waals surface area contributed by atoms with E-state index in [9.17, 15) is 0 Å². The van der Waals surface area contributed by atoms with E-state index < -0.39 is 0 Å². The van der Waals surface area contributed by atoms with Crippen LogP contribution < -0.4 is 0 Å². The van der Waals surface area contributed by atoms with Crippen LogP contribution in [-0.4, -0.2) is 19.5 Å². The molecule has 1 heterocycles. The molecular formula is C13H24O2. The first-order chi connectivity index (χ1) is 7.18. The van der Waals surface area contributed by atoms with Crippen molar-refractivity contribution in [2.45, 2.75) is 52.7 Å². The molecule has 88 valence electrons. The first-order valence-electron chi connectivity index (χ1n) is 6.09. The van der Waals surface area contributed by atoms with Gasteiger partial charge in [-0.15, -0.1) is 0 Å². The van der Waals surface area contributed by atoms with Crippen LogP contribution in [0.5, 0.6) is 0 Å². The largest absolute Gasteiger partial charge is 0.349 e. The lowest BCUT2D eigenvalue weighted by atomic mass is 10.0. The fraction of sp³-hybridized carbons (Fsp3) is 0.846. The summed E-state index contributed by atoms with van der Waals surface area (Å²) in [4.78, 5) is 0. The third-order valence-electron chi connectivity index (χ3n) is 2.63. The fourth-order valence-corrected chi connectivity index (χ4v) is 1.71. The molecule has 0 atom stereocenters. The van der Waals surface area contributed by atoms with E-state index in [2.05, 4.69) is 26.8 Å². The summed E-state index contributed by atoms with van der Waals surface area (Å²) in [6, 6.07) is 0. The highest BCUT2D eigenvalue weighted by Gasteiger charge is 2.11. The number of allylic oxidation sites excluding steroid dienone is 1. The Kier molecular flexibility index (Phi) is 5.96. The van der Waals surface area contributed by atoms with Crippen molar-refractivity contribution in [3.63, 3.8) is 0 Å². The first-order valence-corrected chi connectivity index (χ1v) is 6.09. The molecule has 0 aromatic heterocycles. The molecule has 0 saturated carbocycles. The van der Waals surface area contributed by atoms with Crippen molar-refractivity contribution in [2.75, 3.05) is 13.2 Å². The van der Waals surface area contributed by atoms with Gasteiger partial charge in [0.25, 0.3) is 0 Å². The van der Waals surface area contributed by atoms with Gasteiger partial charge in [0.1, 0.15) is 0 Å². The Morgan fingerprint density at radius 2 is 2.00 bits per heavy atom. The molecule has 1 rings (SSSR count). The second-order valence-corrected chi connectivity index (χ2v) is 4.76. The van der Waals surface area contributed by atoms with Gasteiger partial charge in [-0.1, -0.05) is 25.8 Å². The molecule has 0 amide bonds. The van der Waals surface area contributed by atoms with E-state index in [-0.39, 0.29) is 6.29 Å². The summed E-state index contributed by atoms with van der Waals surface area (Å²) in [5.74, 6) is 0.806. The van der Waals surface area contributed by atoms with Crippen LogP contribution in [0.25, 0.3) is 0 Å². The number of hydrogen-bond acceptors (Lipinski definition) is 2. The Hall–Kier alpha value is -0.340. The average Bonchev–Trinajstić information content (AvgIpc) is 2.18. The van der Waals surface area contributed by atoms with E-state index in [0.717, 1.165) is 25.6 Å². The molecular weight excluding hydrogens is 188 g/mol. The molecule has 0 aromatic carbocycles. The highest BCUT2D eigenvalue weighted by molar-refractivity contribution is 5.00. The fourth-order valence-electron chi connectivity index (χ4n) is 1.71.